The second-order valence-corrected chi connectivity index (χ2v) is 9.64. The second kappa shape index (κ2) is 9.39. The summed E-state index contributed by atoms with van der Waals surface area (Å²) in [5, 5.41) is 12.2. The van der Waals surface area contributed by atoms with Gasteiger partial charge in [-0.2, -0.15) is 0 Å². The highest BCUT2D eigenvalue weighted by atomic mass is 35.5. The average Bonchev–Trinajstić information content (AvgIpc) is 2.87. The molecule has 36 heavy (non-hydrogen) atoms. The number of carbonyl (C=O) groups is 1. The summed E-state index contributed by atoms with van der Waals surface area (Å²) in [6.07, 6.45) is 1.32. The topological polar surface area (TPSA) is 69.6 Å². The van der Waals surface area contributed by atoms with Crippen LogP contribution >= 0.6 is 11.6 Å². The first-order valence-electron chi connectivity index (χ1n) is 11.9. The van der Waals surface area contributed by atoms with Gasteiger partial charge in [0.25, 0.3) is 0 Å². The van der Waals surface area contributed by atoms with Crippen LogP contribution in [0, 0.1) is 5.82 Å². The molecule has 0 radical (unpaired) electrons. The number of piperazine rings is 1. The van der Waals surface area contributed by atoms with Gasteiger partial charge >= 0.3 is 0 Å². The van der Waals surface area contributed by atoms with E-state index >= 15 is 4.39 Å². The molecular formula is C28H26ClFN4O2. The lowest BCUT2D eigenvalue weighted by molar-refractivity contribution is -0.126. The first-order valence-corrected chi connectivity index (χ1v) is 12.2. The fourth-order valence-corrected chi connectivity index (χ4v) is 4.99. The number of amides is 1. The molecule has 0 saturated carbocycles. The quantitative estimate of drug-likeness (QED) is 0.350. The van der Waals surface area contributed by atoms with Crippen LogP contribution in [-0.4, -0.2) is 52.1 Å². The van der Waals surface area contributed by atoms with Gasteiger partial charge in [0.1, 0.15) is 22.9 Å². The number of aromatic hydroxyl groups is 1. The molecule has 1 aromatic heterocycles. The summed E-state index contributed by atoms with van der Waals surface area (Å²) in [5.41, 5.74) is 1.10. The van der Waals surface area contributed by atoms with Gasteiger partial charge in [-0.25, -0.2) is 14.4 Å². The molecule has 0 aliphatic carbocycles. The molecule has 1 aliphatic heterocycles. The lowest BCUT2D eigenvalue weighted by Crippen LogP contribution is -2.48. The first kappa shape index (κ1) is 24.0. The van der Waals surface area contributed by atoms with Crippen LogP contribution < -0.4 is 4.90 Å². The van der Waals surface area contributed by atoms with Crippen LogP contribution in [0.25, 0.3) is 32.8 Å². The predicted octanol–water partition coefficient (Wildman–Crippen LogP) is 5.91. The van der Waals surface area contributed by atoms with Crippen LogP contribution in [0.15, 0.2) is 55.1 Å². The van der Waals surface area contributed by atoms with E-state index in [1.807, 2.05) is 32.0 Å². The van der Waals surface area contributed by atoms with Crippen molar-refractivity contribution in [2.24, 2.45) is 0 Å². The van der Waals surface area contributed by atoms with Gasteiger partial charge in [0.05, 0.1) is 5.02 Å². The minimum Gasteiger partial charge on any atom is -0.508 e. The molecule has 184 valence electrons. The molecule has 0 unspecified atom stereocenters. The van der Waals surface area contributed by atoms with Gasteiger partial charge in [0, 0.05) is 43.0 Å². The molecule has 3 aromatic carbocycles. The van der Waals surface area contributed by atoms with Crippen molar-refractivity contribution in [3.63, 3.8) is 0 Å². The number of halogens is 2. The molecule has 1 saturated heterocycles. The summed E-state index contributed by atoms with van der Waals surface area (Å²) in [7, 11) is 0. The predicted molar refractivity (Wildman–Crippen MR) is 142 cm³/mol. The zero-order valence-corrected chi connectivity index (χ0v) is 20.9. The lowest BCUT2D eigenvalue weighted by Gasteiger charge is -2.35. The Hall–Kier alpha value is -3.71. The Bertz CT molecular complexity index is 1510. The maximum absolute atomic E-state index is 16.3. The molecule has 0 bridgehead atoms. The highest BCUT2D eigenvalue weighted by Gasteiger charge is 2.26. The van der Waals surface area contributed by atoms with Gasteiger partial charge < -0.3 is 14.9 Å². The van der Waals surface area contributed by atoms with Crippen LogP contribution in [0.5, 0.6) is 5.75 Å². The minimum absolute atomic E-state index is 0.0177. The van der Waals surface area contributed by atoms with E-state index in [9.17, 15) is 9.90 Å². The number of rotatable bonds is 4. The number of phenolic OH excluding ortho intramolecular Hbond substituents is 1. The van der Waals surface area contributed by atoms with Crippen LogP contribution in [0.2, 0.25) is 5.02 Å². The van der Waals surface area contributed by atoms with Crippen molar-refractivity contribution in [3.8, 4) is 16.9 Å². The van der Waals surface area contributed by atoms with Crippen molar-refractivity contribution in [3.05, 3.63) is 71.8 Å². The highest BCUT2D eigenvalue weighted by Crippen LogP contribution is 2.41. The van der Waals surface area contributed by atoms with E-state index in [0.717, 1.165) is 10.8 Å². The Labute approximate surface area is 213 Å². The third-order valence-electron chi connectivity index (χ3n) is 6.60. The number of benzene rings is 3. The Kier molecular flexibility index (Phi) is 6.26. The van der Waals surface area contributed by atoms with E-state index in [0.29, 0.717) is 48.8 Å². The lowest BCUT2D eigenvalue weighted by atomic mass is 9.96. The Balaban J connectivity index is 1.68. The van der Waals surface area contributed by atoms with Crippen molar-refractivity contribution in [1.82, 2.24) is 14.9 Å². The number of anilines is 1. The normalized spacial score (nSPS) is 14.1. The smallest absolute Gasteiger partial charge is 0.246 e. The number of hydrogen-bond acceptors (Lipinski definition) is 5. The number of aromatic nitrogens is 2. The maximum atomic E-state index is 16.3. The van der Waals surface area contributed by atoms with Crippen molar-refractivity contribution in [2.45, 2.75) is 19.8 Å². The van der Waals surface area contributed by atoms with Crippen molar-refractivity contribution >= 4 is 45.0 Å². The third kappa shape index (κ3) is 4.13. The van der Waals surface area contributed by atoms with Gasteiger partial charge in [-0.3, -0.25) is 4.79 Å². The summed E-state index contributed by atoms with van der Waals surface area (Å²) in [6, 6.07) is 12.2. The maximum Gasteiger partial charge on any atom is 0.246 e. The Morgan fingerprint density at radius 1 is 1.11 bits per heavy atom. The van der Waals surface area contributed by atoms with Gasteiger partial charge in [-0.05, 0) is 40.6 Å². The number of fused-ring (bicyclic) bond motifs is 2. The number of hydrogen-bond donors (Lipinski definition) is 1. The molecule has 1 N–H and O–H groups in total. The molecule has 4 aromatic rings. The van der Waals surface area contributed by atoms with Crippen LogP contribution in [-0.2, 0) is 4.79 Å². The zero-order chi connectivity index (χ0) is 25.6. The summed E-state index contributed by atoms with van der Waals surface area (Å²) in [6.45, 7) is 9.65. The number of carbonyl (C=O) groups excluding carboxylic acids is 1. The Morgan fingerprint density at radius 3 is 2.56 bits per heavy atom. The summed E-state index contributed by atoms with van der Waals surface area (Å²) in [5.74, 6) is 0.660. The van der Waals surface area contributed by atoms with E-state index < -0.39 is 5.82 Å². The first-order chi connectivity index (χ1) is 17.3. The van der Waals surface area contributed by atoms with Gasteiger partial charge in [0.15, 0.2) is 5.82 Å². The molecule has 5 rings (SSSR count). The fraction of sp³-hybridized carbons (Fsp3) is 0.250. The van der Waals surface area contributed by atoms with Gasteiger partial charge in [0.2, 0.25) is 5.91 Å². The molecule has 6 nitrogen and oxygen atoms in total. The molecule has 1 fully saturated rings. The van der Waals surface area contributed by atoms with Crippen molar-refractivity contribution in [1.29, 1.82) is 0 Å². The molecule has 2 heterocycles. The minimum atomic E-state index is -0.510. The van der Waals surface area contributed by atoms with Crippen molar-refractivity contribution < 1.29 is 14.3 Å². The summed E-state index contributed by atoms with van der Waals surface area (Å²) < 4.78 is 16.3. The number of nitrogens with zero attached hydrogens (tertiary/aromatic N) is 4. The SMILES string of the molecule is C=CC(=O)N1CCN(c2nc(C(C)C)nc3c(F)c(-c4cccc5cc(O)ccc45)c(Cl)cc23)CC1. The molecule has 8 heteroatoms. The second-order valence-electron chi connectivity index (χ2n) is 9.23. The highest BCUT2D eigenvalue weighted by molar-refractivity contribution is 6.35. The summed E-state index contributed by atoms with van der Waals surface area (Å²) in [4.78, 5) is 25.2. The monoisotopic (exact) mass is 504 g/mol. The zero-order valence-electron chi connectivity index (χ0n) is 20.1. The number of phenols is 1. The van der Waals surface area contributed by atoms with E-state index in [-0.39, 0.29) is 33.7 Å². The van der Waals surface area contributed by atoms with Gasteiger partial charge in [-0.1, -0.05) is 56.3 Å². The molecule has 0 spiro atoms. The third-order valence-corrected chi connectivity index (χ3v) is 6.89. The van der Waals surface area contributed by atoms with Gasteiger partial charge in [-0.15, -0.1) is 0 Å². The standard InChI is InChI=1S/C28H26ClFN4O2/c1-4-23(36)33-10-12-34(13-11-33)28-21-15-22(29)24(25(30)26(21)31-27(32-28)16(2)3)20-7-5-6-17-14-18(35)8-9-19(17)20/h4-9,14-16,35H,1,10-13H2,2-3H3. The fourth-order valence-electron chi connectivity index (χ4n) is 4.70. The van der Waals surface area contributed by atoms with E-state index in [1.165, 1.54) is 6.08 Å². The molecule has 1 aliphatic rings. The largest absolute Gasteiger partial charge is 0.508 e. The molecular weight excluding hydrogens is 479 g/mol. The molecule has 1 amide bonds. The van der Waals surface area contributed by atoms with Crippen molar-refractivity contribution in [2.75, 3.05) is 31.1 Å². The molecule has 0 atom stereocenters. The van der Waals surface area contributed by atoms with Crippen LogP contribution in [0.1, 0.15) is 25.6 Å². The summed E-state index contributed by atoms with van der Waals surface area (Å²) >= 11 is 6.74. The van der Waals surface area contributed by atoms with Crippen LogP contribution in [0.3, 0.4) is 0 Å². The van der Waals surface area contributed by atoms with E-state index in [4.69, 9.17) is 16.6 Å². The van der Waals surface area contributed by atoms with E-state index in [2.05, 4.69) is 16.5 Å². The average molecular weight is 505 g/mol. The van der Waals surface area contributed by atoms with Crippen LogP contribution in [0.4, 0.5) is 10.2 Å². The Morgan fingerprint density at radius 2 is 1.86 bits per heavy atom. The van der Waals surface area contributed by atoms with E-state index in [1.54, 1.807) is 29.2 Å².